The molecular weight excluding hydrogens is 356 g/mol. The lowest BCUT2D eigenvalue weighted by atomic mass is 9.82. The minimum absolute atomic E-state index is 0.0767. The molecule has 0 aliphatic carbocycles. The third kappa shape index (κ3) is 3.38. The van der Waals surface area contributed by atoms with Gasteiger partial charge in [0.2, 0.25) is 0 Å². The Morgan fingerprint density at radius 3 is 2.58 bits per heavy atom. The Balaban J connectivity index is 1.52. The lowest BCUT2D eigenvalue weighted by molar-refractivity contribution is -0.141. The number of carbonyl (C=O) groups excluding carboxylic acids is 1. The van der Waals surface area contributed by atoms with Crippen molar-refractivity contribution in [2.45, 2.75) is 24.9 Å². The summed E-state index contributed by atoms with van der Waals surface area (Å²) < 4.78 is 11.6. The number of carbonyl (C=O) groups is 2. The van der Waals surface area contributed by atoms with Crippen molar-refractivity contribution in [3.05, 3.63) is 21.4 Å². The third-order valence-electron chi connectivity index (χ3n) is 5.54. The van der Waals surface area contributed by atoms with Gasteiger partial charge in [-0.15, -0.1) is 11.3 Å². The van der Waals surface area contributed by atoms with Crippen LogP contribution in [-0.2, 0) is 26.3 Å². The van der Waals surface area contributed by atoms with Crippen LogP contribution in [0.1, 0.15) is 33.0 Å². The van der Waals surface area contributed by atoms with Crippen molar-refractivity contribution in [3.8, 4) is 0 Å². The van der Waals surface area contributed by atoms with Gasteiger partial charge in [0.05, 0.1) is 36.8 Å². The van der Waals surface area contributed by atoms with Gasteiger partial charge in [-0.1, -0.05) is 0 Å². The van der Waals surface area contributed by atoms with Gasteiger partial charge >= 0.3 is 5.97 Å². The molecule has 1 spiro atoms. The molecule has 2 saturated heterocycles. The number of morpholine rings is 1. The average molecular weight is 380 g/mol. The van der Waals surface area contributed by atoms with Gasteiger partial charge in [0.25, 0.3) is 5.91 Å². The molecule has 3 aliphatic heterocycles. The molecule has 0 bridgehead atoms. The summed E-state index contributed by atoms with van der Waals surface area (Å²) in [6, 6.07) is 2.03. The fraction of sp³-hybridized carbons (Fsp3) is 0.667. The van der Waals surface area contributed by atoms with Crippen molar-refractivity contribution >= 4 is 23.2 Å². The number of amides is 1. The van der Waals surface area contributed by atoms with Gasteiger partial charge in [0.15, 0.2) is 0 Å². The number of likely N-dealkylation sites (tertiary alicyclic amines) is 1. The molecule has 0 atom stereocenters. The molecule has 4 heterocycles. The number of aliphatic carboxylic acids is 1. The van der Waals surface area contributed by atoms with Gasteiger partial charge in [-0.2, -0.15) is 0 Å². The SMILES string of the molecule is O=C(O)CN1CCC2(CC1)OCCc1sc(C(=O)N3CCOCC3)cc12. The summed E-state index contributed by atoms with van der Waals surface area (Å²) in [5.74, 6) is -0.703. The number of carboxylic acid groups (broad SMARTS) is 1. The molecule has 3 aliphatic rings. The number of ether oxygens (including phenoxy) is 2. The summed E-state index contributed by atoms with van der Waals surface area (Å²) in [5, 5.41) is 8.99. The van der Waals surface area contributed by atoms with Crippen molar-refractivity contribution in [1.82, 2.24) is 9.80 Å². The number of hydrogen-bond donors (Lipinski definition) is 1. The van der Waals surface area contributed by atoms with E-state index in [-0.39, 0.29) is 18.1 Å². The number of thiophene rings is 1. The Bertz CT molecular complexity index is 690. The molecule has 0 saturated carbocycles. The van der Waals surface area contributed by atoms with Crippen LogP contribution in [0.25, 0.3) is 0 Å². The molecule has 0 aromatic carbocycles. The quantitative estimate of drug-likeness (QED) is 0.848. The van der Waals surface area contributed by atoms with Gasteiger partial charge in [-0.3, -0.25) is 14.5 Å². The average Bonchev–Trinajstić information content (AvgIpc) is 3.09. The molecule has 0 radical (unpaired) electrons. The van der Waals surface area contributed by atoms with Crippen LogP contribution < -0.4 is 0 Å². The number of carboxylic acids is 1. The van der Waals surface area contributed by atoms with Crippen LogP contribution in [0.15, 0.2) is 6.07 Å². The van der Waals surface area contributed by atoms with E-state index in [2.05, 4.69) is 0 Å². The second-order valence-corrected chi connectivity index (χ2v) is 8.25. The largest absolute Gasteiger partial charge is 0.480 e. The summed E-state index contributed by atoms with van der Waals surface area (Å²) in [6.45, 7) is 4.64. The molecule has 4 rings (SSSR count). The Kier molecular flexibility index (Phi) is 5.00. The van der Waals surface area contributed by atoms with E-state index >= 15 is 0 Å². The van der Waals surface area contributed by atoms with Gasteiger partial charge < -0.3 is 19.5 Å². The highest BCUT2D eigenvalue weighted by molar-refractivity contribution is 7.14. The van der Waals surface area contributed by atoms with E-state index in [0.29, 0.717) is 46.0 Å². The van der Waals surface area contributed by atoms with E-state index < -0.39 is 5.97 Å². The van der Waals surface area contributed by atoms with E-state index in [9.17, 15) is 9.59 Å². The molecule has 1 aromatic rings. The van der Waals surface area contributed by atoms with Crippen molar-refractivity contribution in [1.29, 1.82) is 0 Å². The fourth-order valence-electron chi connectivity index (χ4n) is 4.12. The normalized spacial score (nSPS) is 23.0. The van der Waals surface area contributed by atoms with E-state index in [1.165, 1.54) is 4.88 Å². The lowest BCUT2D eigenvalue weighted by Crippen LogP contribution is -2.47. The summed E-state index contributed by atoms with van der Waals surface area (Å²) >= 11 is 1.60. The molecule has 8 heteroatoms. The molecule has 1 amide bonds. The Morgan fingerprint density at radius 2 is 1.88 bits per heavy atom. The number of fused-ring (bicyclic) bond motifs is 2. The second-order valence-electron chi connectivity index (χ2n) is 7.11. The molecule has 0 unspecified atom stereocenters. The predicted octanol–water partition coefficient (Wildman–Crippen LogP) is 1.17. The maximum atomic E-state index is 12.8. The predicted molar refractivity (Wildman–Crippen MR) is 95.7 cm³/mol. The minimum atomic E-state index is -0.792. The van der Waals surface area contributed by atoms with E-state index in [0.717, 1.165) is 29.7 Å². The van der Waals surface area contributed by atoms with Crippen LogP contribution in [0.2, 0.25) is 0 Å². The van der Waals surface area contributed by atoms with E-state index in [1.807, 2.05) is 15.9 Å². The molecule has 26 heavy (non-hydrogen) atoms. The van der Waals surface area contributed by atoms with Crippen LogP contribution in [0, 0.1) is 0 Å². The summed E-state index contributed by atoms with van der Waals surface area (Å²) in [5.41, 5.74) is 0.795. The van der Waals surface area contributed by atoms with Crippen LogP contribution in [-0.4, -0.2) is 79.3 Å². The maximum absolute atomic E-state index is 12.8. The lowest BCUT2D eigenvalue weighted by Gasteiger charge is -2.43. The topological polar surface area (TPSA) is 79.3 Å². The number of hydrogen-bond acceptors (Lipinski definition) is 6. The zero-order valence-electron chi connectivity index (χ0n) is 14.7. The second kappa shape index (κ2) is 7.26. The summed E-state index contributed by atoms with van der Waals surface area (Å²) in [4.78, 5) is 29.6. The minimum Gasteiger partial charge on any atom is -0.480 e. The molecular formula is C18H24N2O5S. The van der Waals surface area contributed by atoms with Crippen LogP contribution >= 0.6 is 11.3 Å². The Hall–Kier alpha value is -1.48. The molecule has 2 fully saturated rings. The number of nitrogens with zero attached hydrogens (tertiary/aromatic N) is 2. The fourth-order valence-corrected chi connectivity index (χ4v) is 5.32. The molecule has 7 nitrogen and oxygen atoms in total. The highest BCUT2D eigenvalue weighted by Gasteiger charge is 2.42. The number of rotatable bonds is 3. The van der Waals surface area contributed by atoms with Gasteiger partial charge in [-0.25, -0.2) is 0 Å². The first kappa shape index (κ1) is 17.9. The highest BCUT2D eigenvalue weighted by atomic mass is 32.1. The first-order valence-corrected chi connectivity index (χ1v) is 9.97. The maximum Gasteiger partial charge on any atom is 0.317 e. The summed E-state index contributed by atoms with van der Waals surface area (Å²) in [6.07, 6.45) is 2.39. The van der Waals surface area contributed by atoms with Gasteiger partial charge in [0.1, 0.15) is 0 Å². The van der Waals surface area contributed by atoms with Gasteiger partial charge in [-0.05, 0) is 24.5 Å². The van der Waals surface area contributed by atoms with Gasteiger partial charge in [0, 0.05) is 37.5 Å². The Morgan fingerprint density at radius 1 is 1.15 bits per heavy atom. The third-order valence-corrected chi connectivity index (χ3v) is 6.72. The van der Waals surface area contributed by atoms with Crippen LogP contribution in [0.5, 0.6) is 0 Å². The Labute approximate surface area is 156 Å². The molecule has 1 N–H and O–H groups in total. The van der Waals surface area contributed by atoms with Crippen molar-refractivity contribution in [3.63, 3.8) is 0 Å². The first-order valence-electron chi connectivity index (χ1n) is 9.16. The number of piperidine rings is 1. The molecule has 1 aromatic heterocycles. The van der Waals surface area contributed by atoms with Crippen molar-refractivity contribution < 1.29 is 24.2 Å². The van der Waals surface area contributed by atoms with E-state index in [1.54, 1.807) is 11.3 Å². The van der Waals surface area contributed by atoms with Crippen molar-refractivity contribution in [2.24, 2.45) is 0 Å². The first-order chi connectivity index (χ1) is 12.6. The highest BCUT2D eigenvalue weighted by Crippen LogP contribution is 2.44. The van der Waals surface area contributed by atoms with Crippen molar-refractivity contribution in [2.75, 3.05) is 52.5 Å². The zero-order chi connectivity index (χ0) is 18.1. The van der Waals surface area contributed by atoms with Crippen LogP contribution in [0.3, 0.4) is 0 Å². The van der Waals surface area contributed by atoms with E-state index in [4.69, 9.17) is 14.6 Å². The smallest absolute Gasteiger partial charge is 0.317 e. The summed E-state index contributed by atoms with van der Waals surface area (Å²) in [7, 11) is 0. The van der Waals surface area contributed by atoms with Crippen LogP contribution in [0.4, 0.5) is 0 Å². The standard InChI is InChI=1S/C18H24N2O5S/c21-16(22)12-19-4-2-18(3-5-19)13-11-15(26-14(13)1-8-25-18)17(23)20-6-9-24-10-7-20/h11H,1-10,12H2,(H,21,22). The molecule has 142 valence electrons. The zero-order valence-corrected chi connectivity index (χ0v) is 15.6. The monoisotopic (exact) mass is 380 g/mol.